The monoisotopic (exact) mass is 282 g/mol. The maximum Gasteiger partial charge on any atom is 0.309 e. The Labute approximate surface area is 113 Å². The topological polar surface area (TPSA) is 63.1 Å². The first kappa shape index (κ1) is 13.2. The van der Waals surface area contributed by atoms with Crippen LogP contribution in [0.1, 0.15) is 31.5 Å². The summed E-state index contributed by atoms with van der Waals surface area (Å²) in [5.74, 6) is -0.861. The van der Waals surface area contributed by atoms with Crippen molar-refractivity contribution in [2.24, 2.45) is 0 Å². The Kier molecular flexibility index (Phi) is 3.49. The molecule has 18 heavy (non-hydrogen) atoms. The van der Waals surface area contributed by atoms with Gasteiger partial charge in [-0.05, 0) is 0 Å². The molecule has 0 aliphatic heterocycles. The predicted octanol–water partition coefficient (Wildman–Crippen LogP) is 3.19. The van der Waals surface area contributed by atoms with Gasteiger partial charge in [0.1, 0.15) is 10.7 Å². The van der Waals surface area contributed by atoms with Crippen molar-refractivity contribution in [3.8, 4) is 10.7 Å². The molecule has 4 nitrogen and oxygen atoms in total. The summed E-state index contributed by atoms with van der Waals surface area (Å²) in [5.41, 5.74) is 1.46. The smallest absolute Gasteiger partial charge is 0.309 e. The number of hydrogen-bond donors (Lipinski definition) is 1. The summed E-state index contributed by atoms with van der Waals surface area (Å²) in [5, 5.41) is 14.3. The molecule has 0 saturated carbocycles. The zero-order chi connectivity index (χ0) is 13.3. The van der Waals surface area contributed by atoms with Gasteiger partial charge in [0.15, 0.2) is 0 Å². The Morgan fingerprint density at radius 1 is 1.28 bits per heavy atom. The van der Waals surface area contributed by atoms with E-state index in [2.05, 4.69) is 30.7 Å². The van der Waals surface area contributed by atoms with Crippen LogP contribution in [0.3, 0.4) is 0 Å². The van der Waals surface area contributed by atoms with Gasteiger partial charge in [-0.15, -0.1) is 22.7 Å². The molecule has 0 amide bonds. The maximum absolute atomic E-state index is 10.6. The van der Waals surface area contributed by atoms with Crippen LogP contribution in [0.4, 0.5) is 0 Å². The first-order chi connectivity index (χ1) is 8.36. The fourth-order valence-electron chi connectivity index (χ4n) is 1.38. The number of hydrogen-bond acceptors (Lipinski definition) is 5. The minimum atomic E-state index is -0.861. The molecule has 2 heterocycles. The summed E-state index contributed by atoms with van der Waals surface area (Å²) in [6.45, 7) is 6.36. The lowest BCUT2D eigenvalue weighted by atomic mass is 9.98. The molecular formula is C12H14N2O2S2. The second-order valence-corrected chi connectivity index (χ2v) is 6.72. The van der Waals surface area contributed by atoms with Gasteiger partial charge in [-0.1, -0.05) is 20.8 Å². The molecule has 0 aliphatic carbocycles. The van der Waals surface area contributed by atoms with E-state index in [1.165, 1.54) is 11.3 Å². The van der Waals surface area contributed by atoms with Crippen molar-refractivity contribution in [3.05, 3.63) is 21.5 Å². The minimum Gasteiger partial charge on any atom is -0.481 e. The van der Waals surface area contributed by atoms with Gasteiger partial charge in [-0.3, -0.25) is 4.79 Å². The molecule has 6 heteroatoms. The third kappa shape index (κ3) is 2.94. The van der Waals surface area contributed by atoms with Gasteiger partial charge >= 0.3 is 5.97 Å². The van der Waals surface area contributed by atoms with E-state index < -0.39 is 5.97 Å². The molecule has 2 aromatic heterocycles. The van der Waals surface area contributed by atoms with Gasteiger partial charge in [-0.25, -0.2) is 9.97 Å². The Balaban J connectivity index is 2.24. The van der Waals surface area contributed by atoms with Gasteiger partial charge in [0.2, 0.25) is 0 Å². The van der Waals surface area contributed by atoms with Crippen molar-refractivity contribution in [1.82, 2.24) is 9.97 Å². The van der Waals surface area contributed by atoms with Crippen LogP contribution in [0.5, 0.6) is 0 Å². The molecule has 0 radical (unpaired) electrons. The van der Waals surface area contributed by atoms with Crippen molar-refractivity contribution in [3.63, 3.8) is 0 Å². The molecule has 0 bridgehead atoms. The van der Waals surface area contributed by atoms with Crippen LogP contribution in [0.15, 0.2) is 10.8 Å². The molecule has 0 spiro atoms. The first-order valence-electron chi connectivity index (χ1n) is 5.49. The number of carbonyl (C=O) groups is 1. The largest absolute Gasteiger partial charge is 0.481 e. The Hall–Kier alpha value is -1.27. The SMILES string of the molecule is CC(C)(C)c1nc(-c2nc(CC(=O)O)cs2)cs1. The Morgan fingerprint density at radius 2 is 2.00 bits per heavy atom. The number of carboxylic acids is 1. The van der Waals surface area contributed by atoms with Crippen molar-refractivity contribution in [2.45, 2.75) is 32.6 Å². The van der Waals surface area contributed by atoms with Gasteiger partial charge < -0.3 is 5.11 Å². The van der Waals surface area contributed by atoms with Crippen molar-refractivity contribution in [2.75, 3.05) is 0 Å². The molecule has 0 unspecified atom stereocenters. The van der Waals surface area contributed by atoms with Gasteiger partial charge in [0.05, 0.1) is 17.1 Å². The molecule has 2 rings (SSSR count). The summed E-state index contributed by atoms with van der Waals surface area (Å²) in [6.07, 6.45) is -0.0350. The molecule has 0 fully saturated rings. The molecule has 0 aromatic carbocycles. The lowest BCUT2D eigenvalue weighted by Gasteiger charge is -2.13. The van der Waals surface area contributed by atoms with E-state index in [1.54, 1.807) is 16.7 Å². The van der Waals surface area contributed by atoms with Crippen LogP contribution in [0.2, 0.25) is 0 Å². The van der Waals surface area contributed by atoms with Crippen LogP contribution in [0, 0.1) is 0 Å². The van der Waals surface area contributed by atoms with Gasteiger partial charge in [-0.2, -0.15) is 0 Å². The quantitative estimate of drug-likeness (QED) is 0.939. The molecule has 1 N–H and O–H groups in total. The number of nitrogens with zero attached hydrogens (tertiary/aromatic N) is 2. The highest BCUT2D eigenvalue weighted by Gasteiger charge is 2.19. The standard InChI is InChI=1S/C12H14N2O2S2/c1-12(2,3)11-14-8(6-18-11)10-13-7(5-17-10)4-9(15)16/h5-6H,4H2,1-3H3,(H,15,16). The lowest BCUT2D eigenvalue weighted by Crippen LogP contribution is -2.10. The molecular weight excluding hydrogens is 268 g/mol. The fraction of sp³-hybridized carbons (Fsp3) is 0.417. The summed E-state index contributed by atoms with van der Waals surface area (Å²) >= 11 is 3.05. The van der Waals surface area contributed by atoms with E-state index in [4.69, 9.17) is 5.11 Å². The maximum atomic E-state index is 10.6. The van der Waals surface area contributed by atoms with E-state index in [1.807, 2.05) is 5.38 Å². The van der Waals surface area contributed by atoms with Crippen LogP contribution in [-0.4, -0.2) is 21.0 Å². The van der Waals surface area contributed by atoms with E-state index in [0.29, 0.717) is 5.69 Å². The van der Waals surface area contributed by atoms with Gasteiger partial charge in [0.25, 0.3) is 0 Å². The summed E-state index contributed by atoms with van der Waals surface area (Å²) in [6, 6.07) is 0. The third-order valence-corrected chi connectivity index (χ3v) is 4.43. The lowest BCUT2D eigenvalue weighted by molar-refractivity contribution is -0.136. The molecule has 96 valence electrons. The highest BCUT2D eigenvalue weighted by molar-refractivity contribution is 7.14. The second-order valence-electron chi connectivity index (χ2n) is 5.00. The van der Waals surface area contributed by atoms with Crippen LogP contribution < -0.4 is 0 Å². The van der Waals surface area contributed by atoms with E-state index in [9.17, 15) is 4.79 Å². The average molecular weight is 282 g/mol. The fourth-order valence-corrected chi connectivity index (χ4v) is 3.12. The minimum absolute atomic E-state index is 0.0318. The zero-order valence-electron chi connectivity index (χ0n) is 10.4. The van der Waals surface area contributed by atoms with Gasteiger partial charge in [0, 0.05) is 16.2 Å². The number of aliphatic carboxylic acids is 1. The normalized spacial score (nSPS) is 11.7. The average Bonchev–Trinajstić information content (AvgIpc) is 2.81. The highest BCUT2D eigenvalue weighted by Crippen LogP contribution is 2.31. The molecule has 0 atom stereocenters. The molecule has 0 aliphatic rings. The van der Waals surface area contributed by atoms with Crippen LogP contribution in [-0.2, 0) is 16.6 Å². The van der Waals surface area contributed by atoms with E-state index in [-0.39, 0.29) is 11.8 Å². The second kappa shape index (κ2) is 4.78. The molecule has 2 aromatic rings. The third-order valence-electron chi connectivity index (χ3n) is 2.25. The van der Waals surface area contributed by atoms with E-state index in [0.717, 1.165) is 15.7 Å². The van der Waals surface area contributed by atoms with Crippen molar-refractivity contribution < 1.29 is 9.90 Å². The summed E-state index contributed by atoms with van der Waals surface area (Å²) < 4.78 is 0. The highest BCUT2D eigenvalue weighted by atomic mass is 32.1. The van der Waals surface area contributed by atoms with Crippen LogP contribution >= 0.6 is 22.7 Å². The summed E-state index contributed by atoms with van der Waals surface area (Å²) in [7, 11) is 0. The number of thiazole rings is 2. The predicted molar refractivity (Wildman–Crippen MR) is 73.3 cm³/mol. The van der Waals surface area contributed by atoms with Crippen molar-refractivity contribution >= 4 is 28.6 Å². The molecule has 0 saturated heterocycles. The first-order valence-corrected chi connectivity index (χ1v) is 7.25. The zero-order valence-corrected chi connectivity index (χ0v) is 12.1. The van der Waals surface area contributed by atoms with Crippen LogP contribution in [0.25, 0.3) is 10.7 Å². The number of rotatable bonds is 3. The number of aromatic nitrogens is 2. The van der Waals surface area contributed by atoms with E-state index >= 15 is 0 Å². The summed E-state index contributed by atoms with van der Waals surface area (Å²) in [4.78, 5) is 19.5. The Morgan fingerprint density at radius 3 is 2.56 bits per heavy atom. The number of carboxylic acid groups (broad SMARTS) is 1. The van der Waals surface area contributed by atoms with Crippen molar-refractivity contribution in [1.29, 1.82) is 0 Å². The Bertz CT molecular complexity index is 567.